The molecule has 1 amide bonds. The van der Waals surface area contributed by atoms with Crippen molar-refractivity contribution in [2.24, 2.45) is 0 Å². The first-order chi connectivity index (χ1) is 12.7. The molecule has 5 heteroatoms. The number of fused-ring (bicyclic) bond motifs is 2. The summed E-state index contributed by atoms with van der Waals surface area (Å²) in [4.78, 5) is 13.7. The highest BCUT2D eigenvalue weighted by Gasteiger charge is 2.20. The molecule has 0 spiro atoms. The number of nitrogens with zero attached hydrogens (tertiary/aromatic N) is 1. The number of carbonyl (C=O) groups is 1. The first kappa shape index (κ1) is 16.2. The van der Waals surface area contributed by atoms with Gasteiger partial charge < -0.3 is 9.64 Å². The summed E-state index contributed by atoms with van der Waals surface area (Å²) >= 11 is 0. The van der Waals surface area contributed by atoms with E-state index in [0.29, 0.717) is 12.1 Å². The zero-order valence-corrected chi connectivity index (χ0v) is 14.1. The molecule has 0 fully saturated rings. The predicted octanol–water partition coefficient (Wildman–Crippen LogP) is 4.12. The molecule has 0 atom stereocenters. The van der Waals surface area contributed by atoms with Gasteiger partial charge in [0.1, 0.15) is 5.75 Å². The molecule has 1 heterocycles. The lowest BCUT2D eigenvalue weighted by atomic mass is 10.1. The second-order valence-corrected chi connectivity index (χ2v) is 6.17. The van der Waals surface area contributed by atoms with Gasteiger partial charge >= 0.3 is 0 Å². The molecule has 5 nitrogen and oxygen atoms in total. The van der Waals surface area contributed by atoms with Crippen molar-refractivity contribution in [2.75, 3.05) is 4.90 Å². The summed E-state index contributed by atoms with van der Waals surface area (Å²) in [6.07, 6.45) is 0. The maximum atomic E-state index is 11.5. The number of ether oxygens (including phenoxy) is 1. The van der Waals surface area contributed by atoms with Crippen molar-refractivity contribution in [3.8, 4) is 11.5 Å². The van der Waals surface area contributed by atoms with Gasteiger partial charge in [0.25, 0.3) is 5.91 Å². The van der Waals surface area contributed by atoms with Crippen LogP contribution in [0, 0.1) is 0 Å². The van der Waals surface area contributed by atoms with Crippen molar-refractivity contribution < 1.29 is 14.7 Å². The fourth-order valence-electron chi connectivity index (χ4n) is 3.14. The van der Waals surface area contributed by atoms with Crippen LogP contribution in [0.4, 0.5) is 5.69 Å². The third kappa shape index (κ3) is 3.12. The topological polar surface area (TPSA) is 61.8 Å². The van der Waals surface area contributed by atoms with E-state index in [1.54, 1.807) is 17.6 Å². The molecule has 0 bridgehead atoms. The Morgan fingerprint density at radius 1 is 0.962 bits per heavy atom. The first-order valence-electron chi connectivity index (χ1n) is 8.38. The third-order valence-corrected chi connectivity index (χ3v) is 4.45. The van der Waals surface area contributed by atoms with Crippen LogP contribution >= 0.6 is 0 Å². The smallest absolute Gasteiger partial charge is 0.274 e. The van der Waals surface area contributed by atoms with Crippen molar-refractivity contribution >= 4 is 11.6 Å². The van der Waals surface area contributed by atoms with Crippen LogP contribution in [0.2, 0.25) is 0 Å². The molecule has 2 N–H and O–H groups in total. The van der Waals surface area contributed by atoms with E-state index in [4.69, 9.17) is 9.94 Å². The van der Waals surface area contributed by atoms with Crippen molar-refractivity contribution in [2.45, 2.75) is 13.1 Å². The number of carbonyl (C=O) groups excluding carboxylic acids is 1. The molecule has 4 rings (SSSR count). The normalized spacial score (nSPS) is 12.4. The summed E-state index contributed by atoms with van der Waals surface area (Å²) in [5.41, 5.74) is 5.28. The summed E-state index contributed by atoms with van der Waals surface area (Å²) < 4.78 is 6.11. The number of amides is 1. The zero-order valence-electron chi connectivity index (χ0n) is 14.1. The Morgan fingerprint density at radius 2 is 1.65 bits per heavy atom. The fourth-order valence-corrected chi connectivity index (χ4v) is 3.14. The molecule has 0 radical (unpaired) electrons. The molecule has 1 aliphatic rings. The molecule has 0 aliphatic carbocycles. The number of benzene rings is 3. The lowest BCUT2D eigenvalue weighted by molar-refractivity contribution is 0.0706. The molecule has 3 aromatic carbocycles. The van der Waals surface area contributed by atoms with Gasteiger partial charge in [0, 0.05) is 24.2 Å². The molecule has 0 saturated heterocycles. The Morgan fingerprint density at radius 3 is 2.42 bits per heavy atom. The Hall–Kier alpha value is -3.31. The Bertz CT molecular complexity index is 938. The van der Waals surface area contributed by atoms with E-state index in [0.717, 1.165) is 34.9 Å². The van der Waals surface area contributed by atoms with Gasteiger partial charge in [0.2, 0.25) is 0 Å². The quantitative estimate of drug-likeness (QED) is 0.553. The van der Waals surface area contributed by atoms with E-state index in [-0.39, 0.29) is 0 Å². The summed E-state index contributed by atoms with van der Waals surface area (Å²) in [5, 5.41) is 8.73. The van der Waals surface area contributed by atoms with Gasteiger partial charge in [-0.15, -0.1) is 0 Å². The summed E-state index contributed by atoms with van der Waals surface area (Å²) in [6, 6.07) is 23.2. The second kappa shape index (κ2) is 6.90. The standard InChI is InChI=1S/C21H18N2O3/c24-21(22-25)16-11-9-15(10-12-16)13-23-14-17-5-1-3-7-19(17)26-20-8-4-2-6-18(20)23/h1-12,25H,13-14H2,(H,22,24). The SMILES string of the molecule is O=C(NO)c1ccc(CN2Cc3ccccc3Oc3ccccc32)cc1. The number of hydrogen-bond donors (Lipinski definition) is 2. The number of rotatable bonds is 3. The van der Waals surface area contributed by atoms with E-state index >= 15 is 0 Å². The van der Waals surface area contributed by atoms with Gasteiger partial charge in [0.05, 0.1) is 5.69 Å². The average molecular weight is 346 g/mol. The Kier molecular flexibility index (Phi) is 4.29. The van der Waals surface area contributed by atoms with E-state index in [1.807, 2.05) is 48.5 Å². The molecule has 26 heavy (non-hydrogen) atoms. The Balaban J connectivity index is 1.66. The number of para-hydroxylation sites is 3. The summed E-state index contributed by atoms with van der Waals surface area (Å²) in [7, 11) is 0. The first-order valence-corrected chi connectivity index (χ1v) is 8.38. The summed E-state index contributed by atoms with van der Waals surface area (Å²) in [6.45, 7) is 1.40. The molecule has 0 saturated carbocycles. The van der Waals surface area contributed by atoms with Crippen LogP contribution in [0.25, 0.3) is 0 Å². The number of hydroxylamine groups is 1. The van der Waals surface area contributed by atoms with Crippen LogP contribution in [0.3, 0.4) is 0 Å². The van der Waals surface area contributed by atoms with Gasteiger partial charge in [-0.2, -0.15) is 0 Å². The molecule has 1 aliphatic heterocycles. The molecular weight excluding hydrogens is 328 g/mol. The van der Waals surface area contributed by atoms with Gasteiger partial charge in [-0.25, -0.2) is 5.48 Å². The molecular formula is C21H18N2O3. The highest BCUT2D eigenvalue weighted by Crippen LogP contribution is 2.39. The van der Waals surface area contributed by atoms with Crippen molar-refractivity contribution in [1.82, 2.24) is 5.48 Å². The second-order valence-electron chi connectivity index (χ2n) is 6.17. The van der Waals surface area contributed by atoms with Crippen LogP contribution in [-0.2, 0) is 13.1 Å². The third-order valence-electron chi connectivity index (χ3n) is 4.45. The van der Waals surface area contributed by atoms with Gasteiger partial charge in [0.15, 0.2) is 5.75 Å². The van der Waals surface area contributed by atoms with Gasteiger partial charge in [-0.05, 0) is 35.9 Å². The predicted molar refractivity (Wildman–Crippen MR) is 98.5 cm³/mol. The largest absolute Gasteiger partial charge is 0.455 e. The van der Waals surface area contributed by atoms with Crippen LogP contribution in [0.1, 0.15) is 21.5 Å². The van der Waals surface area contributed by atoms with Crippen molar-refractivity contribution in [1.29, 1.82) is 0 Å². The molecule has 130 valence electrons. The van der Waals surface area contributed by atoms with E-state index in [9.17, 15) is 4.79 Å². The minimum atomic E-state index is -0.515. The van der Waals surface area contributed by atoms with E-state index in [2.05, 4.69) is 17.0 Å². The number of nitrogens with one attached hydrogen (secondary N) is 1. The minimum absolute atomic E-state index is 0.418. The zero-order chi connectivity index (χ0) is 17.9. The lowest BCUT2D eigenvalue weighted by Gasteiger charge is -2.24. The maximum Gasteiger partial charge on any atom is 0.274 e. The summed E-state index contributed by atoms with van der Waals surface area (Å²) in [5.74, 6) is 1.19. The fraction of sp³-hybridized carbons (Fsp3) is 0.0952. The molecule has 0 aromatic heterocycles. The van der Waals surface area contributed by atoms with Crippen LogP contribution in [0.15, 0.2) is 72.8 Å². The number of anilines is 1. The van der Waals surface area contributed by atoms with Gasteiger partial charge in [-0.1, -0.05) is 42.5 Å². The lowest BCUT2D eigenvalue weighted by Crippen LogP contribution is -2.22. The maximum absolute atomic E-state index is 11.5. The van der Waals surface area contributed by atoms with Crippen LogP contribution in [-0.4, -0.2) is 11.1 Å². The minimum Gasteiger partial charge on any atom is -0.455 e. The monoisotopic (exact) mass is 346 g/mol. The van der Waals surface area contributed by atoms with Crippen molar-refractivity contribution in [3.63, 3.8) is 0 Å². The highest BCUT2D eigenvalue weighted by molar-refractivity contribution is 5.93. The van der Waals surface area contributed by atoms with Gasteiger partial charge in [-0.3, -0.25) is 10.0 Å². The van der Waals surface area contributed by atoms with Crippen LogP contribution < -0.4 is 15.1 Å². The molecule has 0 unspecified atom stereocenters. The highest BCUT2D eigenvalue weighted by atomic mass is 16.5. The Labute approximate surface area is 151 Å². The van der Waals surface area contributed by atoms with Crippen molar-refractivity contribution in [3.05, 3.63) is 89.5 Å². The average Bonchev–Trinajstić information content (AvgIpc) is 2.84. The number of hydrogen-bond acceptors (Lipinski definition) is 4. The van der Waals surface area contributed by atoms with E-state index < -0.39 is 5.91 Å². The van der Waals surface area contributed by atoms with E-state index in [1.165, 1.54) is 0 Å². The van der Waals surface area contributed by atoms with Crippen LogP contribution in [0.5, 0.6) is 11.5 Å². The molecule has 3 aromatic rings.